The van der Waals surface area contributed by atoms with Crippen molar-refractivity contribution >= 4 is 39.5 Å². The first-order valence-electron chi connectivity index (χ1n) is 26.7. The number of phosphoric acid groups is 2. The average molecular weight is 1030 g/mol. The molecule has 0 radical (unpaired) electrons. The number of carbonyl (C=O) groups excluding carboxylic acids is 4. The Morgan fingerprint density at radius 1 is 0.406 bits per heavy atom. The molecule has 17 nitrogen and oxygen atoms in total. The Hall–Kier alpha value is -1.94. The predicted molar refractivity (Wildman–Crippen MR) is 266 cm³/mol. The Labute approximate surface area is 416 Å². The van der Waals surface area contributed by atoms with Gasteiger partial charge < -0.3 is 33.8 Å². The molecule has 0 bridgehead atoms. The van der Waals surface area contributed by atoms with E-state index in [0.29, 0.717) is 25.7 Å². The second-order valence-electron chi connectivity index (χ2n) is 18.4. The Balaban J connectivity index is 5.16. The molecule has 6 atom stereocenters. The number of unbranched alkanes of at least 4 members (excludes halogenated alkanes) is 21. The zero-order valence-corrected chi connectivity index (χ0v) is 45.2. The van der Waals surface area contributed by atoms with Crippen LogP contribution in [0, 0.1) is 5.92 Å². The van der Waals surface area contributed by atoms with Crippen LogP contribution >= 0.6 is 15.6 Å². The van der Waals surface area contributed by atoms with Crippen molar-refractivity contribution in [2.24, 2.45) is 5.92 Å². The monoisotopic (exact) mass is 1030 g/mol. The molecule has 3 unspecified atom stereocenters. The molecule has 0 amide bonds. The highest BCUT2D eigenvalue weighted by Gasteiger charge is 2.30. The molecule has 19 heteroatoms. The number of aliphatic hydroxyl groups excluding tert-OH is 1. The Bertz CT molecular complexity index is 1380. The lowest BCUT2D eigenvalue weighted by molar-refractivity contribution is -0.161. The minimum absolute atomic E-state index is 0.0984. The summed E-state index contributed by atoms with van der Waals surface area (Å²) < 4.78 is 66.9. The van der Waals surface area contributed by atoms with E-state index in [4.69, 9.17) is 37.0 Å². The van der Waals surface area contributed by atoms with Gasteiger partial charge in [-0.3, -0.25) is 37.3 Å². The van der Waals surface area contributed by atoms with Crippen molar-refractivity contribution in [3.63, 3.8) is 0 Å². The highest BCUT2D eigenvalue weighted by molar-refractivity contribution is 7.47. The summed E-state index contributed by atoms with van der Waals surface area (Å²) in [5, 5.41) is 10.4. The zero-order chi connectivity index (χ0) is 51.4. The molecule has 408 valence electrons. The van der Waals surface area contributed by atoms with Crippen molar-refractivity contribution in [1.82, 2.24) is 0 Å². The number of phosphoric ester groups is 2. The van der Waals surface area contributed by atoms with Crippen LogP contribution in [0.5, 0.6) is 0 Å². The molecule has 0 aromatic carbocycles. The van der Waals surface area contributed by atoms with Gasteiger partial charge in [0.25, 0.3) is 0 Å². The molecule has 0 spiro atoms. The van der Waals surface area contributed by atoms with Gasteiger partial charge in [-0.1, -0.05) is 182 Å². The van der Waals surface area contributed by atoms with Crippen molar-refractivity contribution in [3.8, 4) is 0 Å². The maximum atomic E-state index is 12.8. The fraction of sp³-hybridized carbons (Fsp3) is 0.920. The first kappa shape index (κ1) is 67.1. The number of hydrogen-bond donors (Lipinski definition) is 3. The van der Waals surface area contributed by atoms with Crippen molar-refractivity contribution in [3.05, 3.63) is 0 Å². The third-order valence-corrected chi connectivity index (χ3v) is 13.5. The van der Waals surface area contributed by atoms with Gasteiger partial charge in [0.1, 0.15) is 19.3 Å². The van der Waals surface area contributed by atoms with E-state index in [-0.39, 0.29) is 25.7 Å². The maximum Gasteiger partial charge on any atom is 0.472 e. The lowest BCUT2D eigenvalue weighted by atomic mass is 10.00. The largest absolute Gasteiger partial charge is 0.472 e. The van der Waals surface area contributed by atoms with Crippen molar-refractivity contribution in [2.45, 2.75) is 252 Å². The quantitative estimate of drug-likeness (QED) is 0.0222. The van der Waals surface area contributed by atoms with Crippen LogP contribution in [-0.2, 0) is 65.4 Å². The highest BCUT2D eigenvalue weighted by Crippen LogP contribution is 2.45. The van der Waals surface area contributed by atoms with Crippen molar-refractivity contribution in [1.29, 1.82) is 0 Å². The van der Waals surface area contributed by atoms with Crippen LogP contribution < -0.4 is 0 Å². The van der Waals surface area contributed by atoms with Crippen LogP contribution in [-0.4, -0.2) is 96.7 Å². The van der Waals surface area contributed by atoms with E-state index in [1.165, 1.54) is 51.4 Å². The number of carbonyl (C=O) groups is 4. The summed E-state index contributed by atoms with van der Waals surface area (Å²) in [5.41, 5.74) is 0. The third-order valence-electron chi connectivity index (χ3n) is 11.6. The molecule has 0 fully saturated rings. The number of aliphatic hydroxyl groups is 1. The van der Waals surface area contributed by atoms with E-state index in [9.17, 15) is 43.2 Å². The molecular formula is C50H96O17P2. The molecule has 0 aliphatic carbocycles. The molecule has 0 saturated heterocycles. The standard InChI is InChI=1S/C50H96O17P2/c1-6-10-13-16-17-18-19-25-29-34-48(53)61-40-46(67-50(55)36-31-26-21-20-24-27-32-43(5)9-4)42-65-69(58,59)63-38-44(51)37-62-68(56,57)64-41-45(66-49(54)35-30-23-15-12-8-3)39-60-47(52)33-28-22-14-11-7-2/h43-46,51H,6-42H2,1-5H3,(H,56,57)(H,58,59)/t43?,44-,45+,46+/m0/s1. The zero-order valence-electron chi connectivity index (χ0n) is 43.4. The number of hydrogen-bond acceptors (Lipinski definition) is 15. The Kier molecular flexibility index (Phi) is 43.5. The average Bonchev–Trinajstić information content (AvgIpc) is 3.32. The first-order valence-corrected chi connectivity index (χ1v) is 29.7. The van der Waals surface area contributed by atoms with Crippen LogP contribution in [0.4, 0.5) is 0 Å². The van der Waals surface area contributed by atoms with Gasteiger partial charge in [0.15, 0.2) is 12.2 Å². The van der Waals surface area contributed by atoms with E-state index in [1.807, 2.05) is 0 Å². The molecule has 0 aliphatic rings. The summed E-state index contributed by atoms with van der Waals surface area (Å²) in [6, 6.07) is 0. The summed E-state index contributed by atoms with van der Waals surface area (Å²) in [7, 11) is -9.84. The predicted octanol–water partition coefficient (Wildman–Crippen LogP) is 12.3. The third kappa shape index (κ3) is 44.5. The van der Waals surface area contributed by atoms with E-state index in [0.717, 1.165) is 102 Å². The van der Waals surface area contributed by atoms with Gasteiger partial charge in [0.2, 0.25) is 0 Å². The van der Waals surface area contributed by atoms with Crippen LogP contribution in [0.1, 0.15) is 234 Å². The summed E-state index contributed by atoms with van der Waals surface area (Å²) in [6.45, 7) is 6.83. The fourth-order valence-electron chi connectivity index (χ4n) is 7.07. The minimum Gasteiger partial charge on any atom is -0.462 e. The molecular weight excluding hydrogens is 934 g/mol. The smallest absolute Gasteiger partial charge is 0.462 e. The number of rotatable bonds is 50. The molecule has 0 rings (SSSR count). The number of esters is 4. The Morgan fingerprint density at radius 3 is 1.03 bits per heavy atom. The van der Waals surface area contributed by atoms with Gasteiger partial charge in [-0.2, -0.15) is 0 Å². The summed E-state index contributed by atoms with van der Waals surface area (Å²) >= 11 is 0. The van der Waals surface area contributed by atoms with Crippen LogP contribution in [0.15, 0.2) is 0 Å². The van der Waals surface area contributed by atoms with E-state index in [2.05, 4.69) is 34.6 Å². The maximum absolute atomic E-state index is 12.8. The molecule has 0 aromatic heterocycles. The van der Waals surface area contributed by atoms with Gasteiger partial charge in [0, 0.05) is 25.7 Å². The SMILES string of the molecule is CCCCCCCCCCCC(=O)OC[C@H](COP(=O)(O)OC[C@@H](O)COP(=O)(O)OC[C@@H](COC(=O)CCCCCCC)OC(=O)CCCCCCC)OC(=O)CCCCCCCCC(C)CC. The molecule has 0 heterocycles. The van der Waals surface area contributed by atoms with Crippen LogP contribution in [0.3, 0.4) is 0 Å². The summed E-state index contributed by atoms with van der Waals surface area (Å²) in [4.78, 5) is 71.0. The molecule has 69 heavy (non-hydrogen) atoms. The van der Waals surface area contributed by atoms with Gasteiger partial charge in [-0.25, -0.2) is 9.13 Å². The second-order valence-corrected chi connectivity index (χ2v) is 21.4. The lowest BCUT2D eigenvalue weighted by Crippen LogP contribution is -2.30. The molecule has 3 N–H and O–H groups in total. The summed E-state index contributed by atoms with van der Waals surface area (Å²) in [6.07, 6.45) is 23.3. The molecule has 0 aromatic rings. The topological polar surface area (TPSA) is 237 Å². The van der Waals surface area contributed by atoms with E-state index in [1.54, 1.807) is 0 Å². The second kappa shape index (κ2) is 44.7. The lowest BCUT2D eigenvalue weighted by Gasteiger charge is -2.21. The van der Waals surface area contributed by atoms with Gasteiger partial charge >= 0.3 is 39.5 Å². The fourth-order valence-corrected chi connectivity index (χ4v) is 8.65. The number of ether oxygens (including phenoxy) is 4. The summed E-state index contributed by atoms with van der Waals surface area (Å²) in [5.74, 6) is -1.46. The van der Waals surface area contributed by atoms with Gasteiger partial charge in [0.05, 0.1) is 26.4 Å². The normalized spacial score (nSPS) is 15.1. The van der Waals surface area contributed by atoms with Crippen LogP contribution in [0.2, 0.25) is 0 Å². The van der Waals surface area contributed by atoms with Crippen molar-refractivity contribution < 1.29 is 80.2 Å². The Morgan fingerprint density at radius 2 is 0.696 bits per heavy atom. The van der Waals surface area contributed by atoms with Gasteiger partial charge in [-0.05, 0) is 31.6 Å². The highest BCUT2D eigenvalue weighted by atomic mass is 31.2. The molecule has 0 saturated carbocycles. The molecule has 0 aliphatic heterocycles. The van der Waals surface area contributed by atoms with Gasteiger partial charge in [-0.15, -0.1) is 0 Å². The van der Waals surface area contributed by atoms with Crippen molar-refractivity contribution in [2.75, 3.05) is 39.6 Å². The van der Waals surface area contributed by atoms with E-state index < -0.39 is 97.5 Å². The first-order chi connectivity index (χ1) is 33.1. The van der Waals surface area contributed by atoms with E-state index >= 15 is 0 Å². The minimum atomic E-state index is -4.92. The van der Waals surface area contributed by atoms with Crippen LogP contribution in [0.25, 0.3) is 0 Å².